The number of aromatic nitrogens is 2. The number of nitrogens with one attached hydrogen (secondary N) is 1. The molecule has 2 aromatic carbocycles. The maximum Gasteiger partial charge on any atom is 0.265 e. The molecule has 34 heavy (non-hydrogen) atoms. The number of hydrogen-bond acceptors (Lipinski definition) is 6. The van der Waals surface area contributed by atoms with E-state index < -0.39 is 6.10 Å². The number of amides is 1. The molecule has 1 aliphatic carbocycles. The molecule has 0 bridgehead atoms. The minimum atomic E-state index is -0.660. The van der Waals surface area contributed by atoms with Gasteiger partial charge in [0.05, 0.1) is 5.69 Å². The molecule has 0 fully saturated rings. The van der Waals surface area contributed by atoms with E-state index in [-0.39, 0.29) is 18.1 Å². The number of carbonyl (C=O) groups excluding carboxylic acids is 1. The van der Waals surface area contributed by atoms with Crippen LogP contribution in [0.3, 0.4) is 0 Å². The molecule has 0 radical (unpaired) electrons. The van der Waals surface area contributed by atoms with E-state index in [1.54, 1.807) is 65.1 Å². The zero-order valence-electron chi connectivity index (χ0n) is 18.8. The Morgan fingerprint density at radius 1 is 1.09 bits per heavy atom. The molecule has 2 aromatic heterocycles. The van der Waals surface area contributed by atoms with Crippen molar-refractivity contribution < 1.29 is 14.3 Å². The molecular formula is C26H25N3O4S. The third-order valence-corrected chi connectivity index (χ3v) is 6.87. The maximum absolute atomic E-state index is 12.7. The van der Waals surface area contributed by atoms with E-state index in [1.807, 2.05) is 18.2 Å². The number of nitrogens with zero attached hydrogens (tertiary/aromatic N) is 2. The first kappa shape index (κ1) is 22.2. The summed E-state index contributed by atoms with van der Waals surface area (Å²) in [6, 6.07) is 17.9. The third-order valence-electron chi connectivity index (χ3n) is 5.73. The molecule has 0 saturated heterocycles. The third kappa shape index (κ3) is 4.82. The van der Waals surface area contributed by atoms with E-state index in [9.17, 15) is 9.59 Å². The highest BCUT2D eigenvalue weighted by molar-refractivity contribution is 7.17. The van der Waals surface area contributed by atoms with Crippen molar-refractivity contribution in [3.8, 4) is 11.5 Å². The van der Waals surface area contributed by atoms with Crippen LogP contribution in [-0.2, 0) is 24.2 Å². The second kappa shape index (κ2) is 9.69. The summed E-state index contributed by atoms with van der Waals surface area (Å²) in [6.07, 6.45) is 3.56. The number of fused-ring (bicyclic) bond motifs is 3. The zero-order chi connectivity index (χ0) is 23.5. The van der Waals surface area contributed by atoms with Crippen LogP contribution in [0.1, 0.15) is 36.0 Å². The molecule has 0 saturated carbocycles. The van der Waals surface area contributed by atoms with Crippen LogP contribution in [0.15, 0.2) is 65.5 Å². The van der Waals surface area contributed by atoms with Crippen molar-refractivity contribution in [3.63, 3.8) is 0 Å². The van der Waals surface area contributed by atoms with Crippen molar-refractivity contribution in [2.24, 2.45) is 0 Å². The molecule has 1 atom stereocenters. The number of rotatable bonds is 7. The van der Waals surface area contributed by atoms with Gasteiger partial charge in [-0.15, -0.1) is 11.3 Å². The van der Waals surface area contributed by atoms with Gasteiger partial charge in [0, 0.05) is 28.4 Å². The number of aryl methyl sites for hydroxylation is 2. The normalized spacial score (nSPS) is 13.8. The van der Waals surface area contributed by atoms with Crippen molar-refractivity contribution >= 4 is 27.9 Å². The predicted molar refractivity (Wildman–Crippen MR) is 132 cm³/mol. The lowest BCUT2D eigenvalue weighted by atomic mass is 10.0. The summed E-state index contributed by atoms with van der Waals surface area (Å²) in [5, 5.41) is 2.85. The molecule has 5 rings (SSSR count). The van der Waals surface area contributed by atoms with Gasteiger partial charge in [0.1, 0.15) is 18.1 Å². The lowest BCUT2D eigenvalue weighted by Gasteiger charge is -2.15. The molecule has 7 nitrogen and oxygen atoms in total. The SMILES string of the molecule is CC(Oc1ccccc1)C(=O)Nc1cccc(OCc2cc(=O)n3c4c(sc3n2)CCCC4)c1. The van der Waals surface area contributed by atoms with Crippen molar-refractivity contribution in [2.45, 2.75) is 45.3 Å². The summed E-state index contributed by atoms with van der Waals surface area (Å²) >= 11 is 1.60. The van der Waals surface area contributed by atoms with Gasteiger partial charge >= 0.3 is 0 Å². The van der Waals surface area contributed by atoms with Crippen LogP contribution in [-0.4, -0.2) is 21.4 Å². The lowest BCUT2D eigenvalue weighted by Crippen LogP contribution is -2.30. The van der Waals surface area contributed by atoms with Crippen LogP contribution in [0.25, 0.3) is 4.96 Å². The second-order valence-electron chi connectivity index (χ2n) is 8.26. The van der Waals surface area contributed by atoms with Gasteiger partial charge in [-0.2, -0.15) is 0 Å². The molecule has 174 valence electrons. The summed E-state index contributed by atoms with van der Waals surface area (Å²) in [6.45, 7) is 1.87. The van der Waals surface area contributed by atoms with Gasteiger partial charge in [0.2, 0.25) is 0 Å². The molecule has 1 unspecified atom stereocenters. The summed E-state index contributed by atoms with van der Waals surface area (Å²) in [7, 11) is 0. The van der Waals surface area contributed by atoms with Crippen LogP contribution >= 0.6 is 11.3 Å². The Hall–Kier alpha value is -3.65. The Balaban J connectivity index is 1.24. The molecule has 0 spiro atoms. The topological polar surface area (TPSA) is 81.9 Å². The van der Waals surface area contributed by atoms with E-state index >= 15 is 0 Å². The van der Waals surface area contributed by atoms with Gasteiger partial charge in [-0.1, -0.05) is 24.3 Å². The maximum atomic E-state index is 12.7. The molecule has 8 heteroatoms. The number of ether oxygens (including phenoxy) is 2. The van der Waals surface area contributed by atoms with Crippen LogP contribution < -0.4 is 20.3 Å². The molecule has 1 aliphatic rings. The average molecular weight is 476 g/mol. The van der Waals surface area contributed by atoms with Crippen LogP contribution in [0.2, 0.25) is 0 Å². The van der Waals surface area contributed by atoms with Gasteiger partial charge in [0.25, 0.3) is 11.5 Å². The highest BCUT2D eigenvalue weighted by atomic mass is 32.1. The Bertz CT molecular complexity index is 1380. The largest absolute Gasteiger partial charge is 0.487 e. The van der Waals surface area contributed by atoms with Gasteiger partial charge in [-0.05, 0) is 56.9 Å². The first-order chi connectivity index (χ1) is 16.6. The number of thiazole rings is 1. The first-order valence-corrected chi connectivity index (χ1v) is 12.2. The van der Waals surface area contributed by atoms with Gasteiger partial charge in [0.15, 0.2) is 11.1 Å². The fourth-order valence-electron chi connectivity index (χ4n) is 4.04. The van der Waals surface area contributed by atoms with Gasteiger partial charge in [-0.25, -0.2) is 4.98 Å². The number of carbonyl (C=O) groups is 1. The molecule has 1 N–H and O–H groups in total. The van der Waals surface area contributed by atoms with Gasteiger partial charge in [-0.3, -0.25) is 14.0 Å². The fourth-order valence-corrected chi connectivity index (χ4v) is 5.27. The van der Waals surface area contributed by atoms with E-state index in [0.717, 1.165) is 36.3 Å². The Morgan fingerprint density at radius 3 is 2.74 bits per heavy atom. The highest BCUT2D eigenvalue weighted by Crippen LogP contribution is 2.28. The standard InChI is InChI=1S/C26H25N3O4S/c1-17(33-20-9-3-2-4-10-20)25(31)27-18-8-7-11-21(14-18)32-16-19-15-24(30)29-22-12-5-6-13-23(22)34-26(29)28-19/h2-4,7-11,14-15,17H,5-6,12-13,16H2,1H3,(H,27,31). The molecule has 1 amide bonds. The second-order valence-corrected chi connectivity index (χ2v) is 9.32. The van der Waals surface area contributed by atoms with Crippen molar-refractivity contribution in [1.82, 2.24) is 9.38 Å². The Labute approximate surface area is 201 Å². The number of hydrogen-bond donors (Lipinski definition) is 1. The molecule has 4 aromatic rings. The lowest BCUT2D eigenvalue weighted by molar-refractivity contribution is -0.122. The van der Waals surface area contributed by atoms with E-state index in [0.29, 0.717) is 22.9 Å². The molecule has 0 aliphatic heterocycles. The van der Waals surface area contributed by atoms with Crippen LogP contribution in [0.5, 0.6) is 11.5 Å². The fraction of sp³-hybridized carbons (Fsp3) is 0.269. The predicted octanol–water partition coefficient (Wildman–Crippen LogP) is 4.62. The average Bonchev–Trinajstić information content (AvgIpc) is 3.22. The Morgan fingerprint density at radius 2 is 1.88 bits per heavy atom. The van der Waals surface area contributed by atoms with Crippen molar-refractivity contribution in [2.75, 3.05) is 5.32 Å². The molecular weight excluding hydrogens is 450 g/mol. The number of benzene rings is 2. The molecule has 2 heterocycles. The monoisotopic (exact) mass is 475 g/mol. The van der Waals surface area contributed by atoms with E-state index in [1.165, 1.54) is 4.88 Å². The van der Waals surface area contributed by atoms with Crippen LogP contribution in [0.4, 0.5) is 5.69 Å². The smallest absolute Gasteiger partial charge is 0.265 e. The highest BCUT2D eigenvalue weighted by Gasteiger charge is 2.19. The van der Waals surface area contributed by atoms with Gasteiger partial charge < -0.3 is 14.8 Å². The van der Waals surface area contributed by atoms with Crippen molar-refractivity contribution in [1.29, 1.82) is 0 Å². The summed E-state index contributed by atoms with van der Waals surface area (Å²) in [4.78, 5) is 31.9. The summed E-state index contributed by atoms with van der Waals surface area (Å²) in [5.74, 6) is 0.943. The Kier molecular flexibility index (Phi) is 6.31. The number of anilines is 1. The minimum absolute atomic E-state index is 0.0589. The first-order valence-electron chi connectivity index (χ1n) is 11.4. The minimum Gasteiger partial charge on any atom is -0.487 e. The van der Waals surface area contributed by atoms with E-state index in [4.69, 9.17) is 9.47 Å². The summed E-state index contributed by atoms with van der Waals surface area (Å²) < 4.78 is 13.3. The van der Waals surface area contributed by atoms with Crippen LogP contribution in [0, 0.1) is 0 Å². The quantitative estimate of drug-likeness (QED) is 0.422. The zero-order valence-corrected chi connectivity index (χ0v) is 19.6. The number of para-hydroxylation sites is 1. The van der Waals surface area contributed by atoms with Crippen molar-refractivity contribution in [3.05, 3.63) is 87.3 Å². The summed E-state index contributed by atoms with van der Waals surface area (Å²) in [5.41, 5.74) is 2.24. The van der Waals surface area contributed by atoms with E-state index in [2.05, 4.69) is 10.3 Å².